The summed E-state index contributed by atoms with van der Waals surface area (Å²) in [6.07, 6.45) is 4.20. The molecule has 0 saturated carbocycles. The lowest BCUT2D eigenvalue weighted by molar-refractivity contribution is 0.445. The van der Waals surface area contributed by atoms with Crippen molar-refractivity contribution in [3.8, 4) is 0 Å². The van der Waals surface area contributed by atoms with Gasteiger partial charge in [-0.25, -0.2) is 4.98 Å². The first-order valence-electron chi connectivity index (χ1n) is 5.31. The zero-order valence-electron chi connectivity index (χ0n) is 9.32. The Labute approximate surface area is 85.7 Å². The van der Waals surface area contributed by atoms with Crippen LogP contribution in [0.5, 0.6) is 0 Å². The molecule has 0 radical (unpaired) electrons. The fourth-order valence-electron chi connectivity index (χ4n) is 1.43. The third-order valence-electron chi connectivity index (χ3n) is 2.52. The molecule has 0 atom stereocenters. The minimum Gasteiger partial charge on any atom is -0.310 e. The standard InChI is InChI=1S/C10H20N4/c1-4-9(5-2)6-11-7-10-12-8-14(3)13-10/h8-9,11H,4-7H2,1-3H3. The summed E-state index contributed by atoms with van der Waals surface area (Å²) in [5, 5.41) is 7.58. The van der Waals surface area contributed by atoms with E-state index in [1.807, 2.05) is 7.05 Å². The van der Waals surface area contributed by atoms with Gasteiger partial charge in [0.25, 0.3) is 0 Å². The van der Waals surface area contributed by atoms with Crippen LogP contribution in [0.4, 0.5) is 0 Å². The zero-order chi connectivity index (χ0) is 10.4. The molecule has 0 unspecified atom stereocenters. The number of aryl methyl sites for hydroxylation is 1. The van der Waals surface area contributed by atoms with E-state index in [1.165, 1.54) is 12.8 Å². The van der Waals surface area contributed by atoms with Gasteiger partial charge in [0, 0.05) is 7.05 Å². The summed E-state index contributed by atoms with van der Waals surface area (Å²) in [4.78, 5) is 4.15. The number of hydrogen-bond acceptors (Lipinski definition) is 3. The highest BCUT2D eigenvalue weighted by Gasteiger charge is 2.03. The zero-order valence-corrected chi connectivity index (χ0v) is 9.32. The normalized spacial score (nSPS) is 11.1. The molecule has 0 aliphatic carbocycles. The van der Waals surface area contributed by atoms with E-state index in [2.05, 4.69) is 29.2 Å². The Hall–Kier alpha value is -0.900. The first-order chi connectivity index (χ1) is 6.76. The molecular weight excluding hydrogens is 176 g/mol. The number of nitrogens with one attached hydrogen (secondary N) is 1. The van der Waals surface area contributed by atoms with Gasteiger partial charge in [0.15, 0.2) is 5.82 Å². The molecule has 0 aliphatic heterocycles. The smallest absolute Gasteiger partial charge is 0.164 e. The van der Waals surface area contributed by atoms with Crippen molar-refractivity contribution in [2.75, 3.05) is 6.54 Å². The van der Waals surface area contributed by atoms with E-state index in [0.717, 1.165) is 24.8 Å². The third-order valence-corrected chi connectivity index (χ3v) is 2.52. The van der Waals surface area contributed by atoms with Crippen molar-refractivity contribution < 1.29 is 0 Å². The van der Waals surface area contributed by atoms with Crippen molar-refractivity contribution in [1.82, 2.24) is 20.1 Å². The second kappa shape index (κ2) is 5.75. The first kappa shape index (κ1) is 11.2. The highest BCUT2D eigenvalue weighted by molar-refractivity contribution is 4.80. The molecule has 0 aromatic carbocycles. The van der Waals surface area contributed by atoms with Crippen molar-refractivity contribution >= 4 is 0 Å². The van der Waals surface area contributed by atoms with Gasteiger partial charge < -0.3 is 5.32 Å². The molecule has 4 heteroatoms. The van der Waals surface area contributed by atoms with Gasteiger partial charge in [-0.15, -0.1) is 0 Å². The molecule has 1 heterocycles. The van der Waals surface area contributed by atoms with Crippen LogP contribution < -0.4 is 5.32 Å². The molecule has 80 valence electrons. The van der Waals surface area contributed by atoms with Crippen LogP contribution in [-0.4, -0.2) is 21.3 Å². The molecule has 0 bridgehead atoms. The van der Waals surface area contributed by atoms with Gasteiger partial charge in [-0.2, -0.15) is 5.10 Å². The van der Waals surface area contributed by atoms with Gasteiger partial charge in [-0.1, -0.05) is 26.7 Å². The van der Waals surface area contributed by atoms with Crippen molar-refractivity contribution in [2.45, 2.75) is 33.2 Å². The molecule has 1 aromatic heterocycles. The van der Waals surface area contributed by atoms with Crippen LogP contribution in [0.1, 0.15) is 32.5 Å². The van der Waals surface area contributed by atoms with Crippen molar-refractivity contribution in [3.63, 3.8) is 0 Å². The molecule has 1 rings (SSSR count). The third kappa shape index (κ3) is 3.46. The Morgan fingerprint density at radius 2 is 2.14 bits per heavy atom. The quantitative estimate of drug-likeness (QED) is 0.746. The Bertz CT molecular complexity index is 252. The van der Waals surface area contributed by atoms with Gasteiger partial charge in [0.1, 0.15) is 6.33 Å². The highest BCUT2D eigenvalue weighted by atomic mass is 15.3. The lowest BCUT2D eigenvalue weighted by Crippen LogP contribution is -2.22. The molecule has 0 aliphatic rings. The van der Waals surface area contributed by atoms with Crippen LogP contribution in [0.25, 0.3) is 0 Å². The van der Waals surface area contributed by atoms with Gasteiger partial charge >= 0.3 is 0 Å². The van der Waals surface area contributed by atoms with E-state index in [4.69, 9.17) is 0 Å². The van der Waals surface area contributed by atoms with Crippen LogP contribution in [0.2, 0.25) is 0 Å². The lowest BCUT2D eigenvalue weighted by Gasteiger charge is -2.11. The minimum atomic E-state index is 0.775. The van der Waals surface area contributed by atoms with Gasteiger partial charge in [-0.3, -0.25) is 4.68 Å². The fourth-order valence-corrected chi connectivity index (χ4v) is 1.43. The molecular formula is C10H20N4. The summed E-state index contributed by atoms with van der Waals surface area (Å²) < 4.78 is 1.73. The average Bonchev–Trinajstić information content (AvgIpc) is 2.59. The van der Waals surface area contributed by atoms with Gasteiger partial charge in [0.05, 0.1) is 6.54 Å². The van der Waals surface area contributed by atoms with Crippen LogP contribution in [0.3, 0.4) is 0 Å². The topological polar surface area (TPSA) is 42.7 Å². The van der Waals surface area contributed by atoms with Crippen LogP contribution in [0.15, 0.2) is 6.33 Å². The Kier molecular flexibility index (Phi) is 4.59. The first-order valence-corrected chi connectivity index (χ1v) is 5.31. The van der Waals surface area contributed by atoms with Crippen molar-refractivity contribution in [2.24, 2.45) is 13.0 Å². The maximum Gasteiger partial charge on any atom is 0.164 e. The summed E-state index contributed by atoms with van der Waals surface area (Å²) in [6, 6.07) is 0. The molecule has 0 fully saturated rings. The molecule has 1 N–H and O–H groups in total. The van der Waals surface area contributed by atoms with Crippen molar-refractivity contribution in [3.05, 3.63) is 12.2 Å². The SMILES string of the molecule is CCC(CC)CNCc1ncn(C)n1. The van der Waals surface area contributed by atoms with E-state index >= 15 is 0 Å². The van der Waals surface area contributed by atoms with Gasteiger partial charge in [-0.05, 0) is 12.5 Å². The fraction of sp³-hybridized carbons (Fsp3) is 0.800. The Morgan fingerprint density at radius 1 is 1.43 bits per heavy atom. The van der Waals surface area contributed by atoms with Gasteiger partial charge in [0.2, 0.25) is 0 Å². The van der Waals surface area contributed by atoms with Crippen LogP contribution >= 0.6 is 0 Å². The minimum absolute atomic E-state index is 0.775. The Morgan fingerprint density at radius 3 is 2.64 bits per heavy atom. The summed E-state index contributed by atoms with van der Waals surface area (Å²) in [7, 11) is 1.89. The average molecular weight is 196 g/mol. The Balaban J connectivity index is 2.21. The number of nitrogens with zero attached hydrogens (tertiary/aromatic N) is 3. The predicted octanol–water partition coefficient (Wildman–Crippen LogP) is 1.34. The largest absolute Gasteiger partial charge is 0.310 e. The molecule has 14 heavy (non-hydrogen) atoms. The number of rotatable bonds is 6. The predicted molar refractivity (Wildman–Crippen MR) is 56.8 cm³/mol. The summed E-state index contributed by atoms with van der Waals surface area (Å²) in [5.74, 6) is 1.65. The molecule has 0 spiro atoms. The number of aromatic nitrogens is 3. The number of hydrogen-bond donors (Lipinski definition) is 1. The molecule has 0 saturated heterocycles. The van der Waals surface area contributed by atoms with E-state index in [9.17, 15) is 0 Å². The summed E-state index contributed by atoms with van der Waals surface area (Å²) >= 11 is 0. The molecule has 4 nitrogen and oxygen atoms in total. The second-order valence-corrected chi connectivity index (χ2v) is 3.65. The maximum absolute atomic E-state index is 4.20. The summed E-state index contributed by atoms with van der Waals surface area (Å²) in [5.41, 5.74) is 0. The highest BCUT2D eigenvalue weighted by Crippen LogP contribution is 2.05. The molecule has 0 amide bonds. The maximum atomic E-state index is 4.20. The lowest BCUT2D eigenvalue weighted by atomic mass is 10.0. The second-order valence-electron chi connectivity index (χ2n) is 3.65. The van der Waals surface area contributed by atoms with Crippen molar-refractivity contribution in [1.29, 1.82) is 0 Å². The van der Waals surface area contributed by atoms with E-state index in [0.29, 0.717) is 0 Å². The van der Waals surface area contributed by atoms with Crippen LogP contribution in [0, 0.1) is 5.92 Å². The van der Waals surface area contributed by atoms with E-state index in [1.54, 1.807) is 11.0 Å². The van der Waals surface area contributed by atoms with E-state index < -0.39 is 0 Å². The summed E-state index contributed by atoms with van der Waals surface area (Å²) in [6.45, 7) is 6.30. The van der Waals surface area contributed by atoms with Crippen LogP contribution in [-0.2, 0) is 13.6 Å². The monoisotopic (exact) mass is 196 g/mol. The van der Waals surface area contributed by atoms with E-state index in [-0.39, 0.29) is 0 Å². The molecule has 1 aromatic rings.